The van der Waals surface area contributed by atoms with Crippen LogP contribution in [0.25, 0.3) is 0 Å². The summed E-state index contributed by atoms with van der Waals surface area (Å²) < 4.78 is 6.14. The Labute approximate surface area is 156 Å². The molecule has 24 heavy (non-hydrogen) atoms. The maximum absolute atomic E-state index is 2.48. The van der Waals surface area contributed by atoms with Gasteiger partial charge in [0, 0.05) is 0 Å². The molecule has 0 aromatic heterocycles. The van der Waals surface area contributed by atoms with Gasteiger partial charge in [-0.1, -0.05) is 0 Å². The van der Waals surface area contributed by atoms with Gasteiger partial charge in [-0.2, -0.15) is 0 Å². The Morgan fingerprint density at radius 3 is 1.62 bits per heavy atom. The van der Waals surface area contributed by atoms with E-state index in [0.29, 0.717) is 0 Å². The summed E-state index contributed by atoms with van der Waals surface area (Å²) >= 11 is -1.90. The van der Waals surface area contributed by atoms with Crippen LogP contribution < -0.4 is 0 Å². The van der Waals surface area contributed by atoms with Crippen molar-refractivity contribution in [3.8, 4) is 0 Å². The van der Waals surface area contributed by atoms with E-state index >= 15 is 0 Å². The van der Waals surface area contributed by atoms with Crippen LogP contribution in [0.1, 0.15) is 90.5 Å². The summed E-state index contributed by atoms with van der Waals surface area (Å²) in [6.45, 7) is 7.27. The molecule has 0 fully saturated rings. The van der Waals surface area contributed by atoms with Crippen molar-refractivity contribution < 1.29 is 0 Å². The van der Waals surface area contributed by atoms with E-state index in [1.54, 1.807) is 9.93 Å². The van der Waals surface area contributed by atoms with Crippen molar-refractivity contribution in [1.29, 1.82) is 0 Å². The molecule has 1 aromatic carbocycles. The molecule has 0 aliphatic heterocycles. The summed E-state index contributed by atoms with van der Waals surface area (Å²) in [5, 5.41) is 0. The molecule has 0 radical (unpaired) electrons. The Bertz CT molecular complexity index is 380. The van der Waals surface area contributed by atoms with Crippen molar-refractivity contribution in [2.45, 2.75) is 102 Å². The molecule has 0 N–H and O–H groups in total. The second kappa shape index (κ2) is 14.2. The van der Waals surface area contributed by atoms with Gasteiger partial charge in [-0.3, -0.25) is 0 Å². The van der Waals surface area contributed by atoms with Crippen LogP contribution >= 0.6 is 0 Å². The molecule has 0 bridgehead atoms. The third-order valence-electron chi connectivity index (χ3n) is 5.98. The summed E-state index contributed by atoms with van der Waals surface area (Å²) in [6, 6.07) is 11.3. The number of unbranched alkanes of at least 4 members (excludes halogenated alkanes) is 9. The molecule has 0 saturated carbocycles. The van der Waals surface area contributed by atoms with Gasteiger partial charge in [0.25, 0.3) is 0 Å². The third-order valence-corrected chi connectivity index (χ3v) is 21.9. The van der Waals surface area contributed by atoms with E-state index < -0.39 is 18.8 Å². The first-order chi connectivity index (χ1) is 11.8. The summed E-state index contributed by atoms with van der Waals surface area (Å²) in [7, 11) is 0. The number of benzene rings is 1. The van der Waals surface area contributed by atoms with Crippen molar-refractivity contribution >= 4 is 18.8 Å². The fourth-order valence-corrected chi connectivity index (χ4v) is 15.3. The Kier molecular flexibility index (Phi) is 13.1. The first-order valence-electron chi connectivity index (χ1n) is 10.8. The number of hydrogen-bond acceptors (Lipinski definition) is 0. The molecule has 0 unspecified atom stereocenters. The van der Waals surface area contributed by atoms with Gasteiger partial charge < -0.3 is 0 Å². The van der Waals surface area contributed by atoms with Crippen molar-refractivity contribution in [3.05, 3.63) is 35.9 Å². The van der Waals surface area contributed by atoms with Gasteiger partial charge in [-0.05, 0) is 0 Å². The second-order valence-electron chi connectivity index (χ2n) is 7.80. The molecule has 0 amide bonds. The van der Waals surface area contributed by atoms with Crippen LogP contribution in [0.5, 0.6) is 0 Å². The third kappa shape index (κ3) is 9.50. The molecule has 0 spiro atoms. The first kappa shape index (κ1) is 22.1. The van der Waals surface area contributed by atoms with Gasteiger partial charge in [0.2, 0.25) is 0 Å². The molecule has 0 saturated heterocycles. The molecular weight excluding hydrogens is 398 g/mol. The topological polar surface area (TPSA) is 0 Å². The fourth-order valence-electron chi connectivity index (χ4n) is 3.96. The van der Waals surface area contributed by atoms with Crippen LogP contribution in [-0.4, -0.2) is 18.8 Å². The van der Waals surface area contributed by atoms with Gasteiger partial charge in [-0.15, -0.1) is 0 Å². The zero-order valence-electron chi connectivity index (χ0n) is 16.8. The molecule has 140 valence electrons. The van der Waals surface area contributed by atoms with Gasteiger partial charge in [0.15, 0.2) is 0 Å². The van der Waals surface area contributed by atoms with Crippen LogP contribution in [0.4, 0.5) is 0 Å². The molecule has 0 heterocycles. The Morgan fingerprint density at radius 1 is 0.625 bits per heavy atom. The van der Waals surface area contributed by atoms with E-state index in [-0.39, 0.29) is 0 Å². The number of hydrogen-bond donors (Lipinski definition) is 0. The predicted molar refractivity (Wildman–Crippen MR) is 115 cm³/mol. The zero-order valence-corrected chi connectivity index (χ0v) is 19.6. The number of rotatable bonds is 15. The van der Waals surface area contributed by atoms with E-state index in [0.717, 1.165) is 0 Å². The maximum atomic E-state index is 2.48. The summed E-state index contributed by atoms with van der Waals surface area (Å²) in [5.41, 5.74) is 1.61. The van der Waals surface area contributed by atoms with E-state index in [9.17, 15) is 0 Å². The van der Waals surface area contributed by atoms with Gasteiger partial charge in [0.05, 0.1) is 0 Å². The minimum atomic E-state index is -1.90. The second-order valence-corrected chi connectivity index (χ2v) is 22.8. The molecule has 1 heteroatoms. The summed E-state index contributed by atoms with van der Waals surface area (Å²) in [6.07, 6.45) is 14.6. The molecule has 0 aliphatic rings. The fraction of sp³-hybridized carbons (Fsp3) is 0.739. The summed E-state index contributed by atoms with van der Waals surface area (Å²) in [4.78, 5) is 0. The normalized spacial score (nSPS) is 12.5. The van der Waals surface area contributed by atoms with Crippen molar-refractivity contribution in [2.75, 3.05) is 0 Å². The molecule has 0 atom stereocenters. The quantitative estimate of drug-likeness (QED) is 0.192. The van der Waals surface area contributed by atoms with Crippen LogP contribution in [0.3, 0.4) is 0 Å². The Hall–Kier alpha value is 0.0382. The van der Waals surface area contributed by atoms with Gasteiger partial charge >= 0.3 is 157 Å². The van der Waals surface area contributed by atoms with Gasteiger partial charge in [0.1, 0.15) is 0 Å². The average molecular weight is 441 g/mol. The van der Waals surface area contributed by atoms with E-state index in [1.807, 2.05) is 0 Å². The van der Waals surface area contributed by atoms with Crippen LogP contribution in [-0.2, 0) is 4.37 Å². The van der Waals surface area contributed by atoms with Crippen LogP contribution in [0.2, 0.25) is 13.1 Å². The molecule has 1 aromatic rings. The van der Waals surface area contributed by atoms with E-state index in [1.165, 1.54) is 77.3 Å². The Morgan fingerprint density at radius 2 is 1.12 bits per heavy atom. The SMILES string of the molecule is CCCCCCCCCCC[CH2][SbH]([CH2]C)([CH2]C)[CH2]c1ccccc1. The molecular formula is C23H43Sb. The van der Waals surface area contributed by atoms with Crippen LogP contribution in [0.15, 0.2) is 30.3 Å². The van der Waals surface area contributed by atoms with Crippen molar-refractivity contribution in [2.24, 2.45) is 0 Å². The zero-order chi connectivity index (χ0) is 17.5. The van der Waals surface area contributed by atoms with Crippen LogP contribution in [0, 0.1) is 0 Å². The van der Waals surface area contributed by atoms with E-state index in [2.05, 4.69) is 51.1 Å². The van der Waals surface area contributed by atoms with Gasteiger partial charge in [-0.25, -0.2) is 0 Å². The van der Waals surface area contributed by atoms with E-state index in [4.69, 9.17) is 0 Å². The standard InChI is InChI=1S/C12H25.C7H7.2C2H5.Sb.H/c1-3-5-7-9-11-12-10-8-6-4-2;1-7-5-3-2-4-6-7;2*1-2;;/h1,3-12H2,2H3;2-6H,1H2;2*1H2,2H3;;. The molecule has 0 aliphatic carbocycles. The van der Waals surface area contributed by atoms with Crippen molar-refractivity contribution in [3.63, 3.8) is 0 Å². The average Bonchev–Trinajstić information content (AvgIpc) is 2.63. The Balaban J connectivity index is 2.17. The molecule has 0 nitrogen and oxygen atoms in total. The predicted octanol–water partition coefficient (Wildman–Crippen LogP) is 7.91. The van der Waals surface area contributed by atoms with Crippen molar-refractivity contribution in [1.82, 2.24) is 0 Å². The molecule has 1 rings (SSSR count). The summed E-state index contributed by atoms with van der Waals surface area (Å²) in [5.74, 6) is 0. The monoisotopic (exact) mass is 440 g/mol. The minimum absolute atomic E-state index is 1.37. The first-order valence-corrected chi connectivity index (χ1v) is 18.9.